The largest absolute Gasteiger partial charge is 0.504 e. The molecule has 11 heteroatoms. The van der Waals surface area contributed by atoms with Gasteiger partial charge >= 0.3 is 5.97 Å². The number of aromatic hydroxyl groups is 2. The number of carbonyl (C=O) groups is 1. The first-order chi connectivity index (χ1) is 25.2. The minimum absolute atomic E-state index is 0.00560. The first-order valence-corrected chi connectivity index (χ1v) is 17.4. The molecule has 4 aromatic carbocycles. The molecule has 0 saturated carbocycles. The second kappa shape index (κ2) is 14.5. The van der Waals surface area contributed by atoms with E-state index in [-0.39, 0.29) is 55.0 Å². The molecule has 274 valence electrons. The topological polar surface area (TPSA) is 153 Å². The average molecular weight is 713 g/mol. The van der Waals surface area contributed by atoms with Crippen molar-refractivity contribution < 1.29 is 53.6 Å². The molecule has 7 rings (SSSR count). The van der Waals surface area contributed by atoms with Gasteiger partial charge in [0.05, 0.1) is 60.1 Å². The fourth-order valence-electron chi connectivity index (χ4n) is 8.36. The van der Waals surface area contributed by atoms with Crippen LogP contribution < -0.4 is 23.7 Å². The fourth-order valence-corrected chi connectivity index (χ4v) is 8.36. The molecule has 4 N–H and O–H groups in total. The van der Waals surface area contributed by atoms with Gasteiger partial charge in [0.25, 0.3) is 0 Å². The molecular formula is C41H44O11. The lowest BCUT2D eigenvalue weighted by Gasteiger charge is -2.21. The minimum Gasteiger partial charge on any atom is -0.504 e. The fraction of sp³-hybridized carbons (Fsp3) is 0.390. The lowest BCUT2D eigenvalue weighted by atomic mass is 9.82. The van der Waals surface area contributed by atoms with Crippen LogP contribution in [0, 0.1) is 11.8 Å². The van der Waals surface area contributed by atoms with Crippen LogP contribution in [-0.2, 0) is 28.8 Å². The first-order valence-electron chi connectivity index (χ1n) is 17.4. The number of cyclic esters (lactones) is 1. The van der Waals surface area contributed by atoms with Crippen molar-refractivity contribution in [1.82, 2.24) is 0 Å². The zero-order valence-electron chi connectivity index (χ0n) is 29.6. The highest BCUT2D eigenvalue weighted by atomic mass is 16.5. The maximum Gasteiger partial charge on any atom is 0.309 e. The van der Waals surface area contributed by atoms with Crippen molar-refractivity contribution in [3.05, 3.63) is 99.6 Å². The van der Waals surface area contributed by atoms with Crippen LogP contribution in [0.15, 0.2) is 60.7 Å². The number of hydrogen-bond acceptors (Lipinski definition) is 11. The summed E-state index contributed by atoms with van der Waals surface area (Å²) in [7, 11) is 6.19. The van der Waals surface area contributed by atoms with Crippen LogP contribution in [0.2, 0.25) is 0 Å². The highest BCUT2D eigenvalue weighted by Gasteiger charge is 2.41. The van der Waals surface area contributed by atoms with Gasteiger partial charge in [-0.2, -0.15) is 0 Å². The van der Waals surface area contributed by atoms with E-state index in [0.717, 1.165) is 44.7 Å². The van der Waals surface area contributed by atoms with Gasteiger partial charge in [0, 0.05) is 17.4 Å². The number of carbonyl (C=O) groups excluding carboxylic acids is 1. The standard InChI is InChI=1S/C41H44O11/c1-47-35-13-21(11-28-29(35)17-26(31(28)18-42)23-5-7-33(44)36(15-23)48-2)9-25-20-51-41(46)27(25)10-22-12-30-32(19-43)39(52-40(30)38(14-22)50-4)24-6-8-34(45)37(16-24)49-3/h5-8,11-16,25-27,31-32,39,42-45H,9-10,17-20H2,1-4H3/t25-,26+,27-,31-,32+,39-/m1/s1. The van der Waals surface area contributed by atoms with Crippen molar-refractivity contribution in [2.75, 3.05) is 48.3 Å². The van der Waals surface area contributed by atoms with Crippen LogP contribution in [-0.4, -0.2) is 74.7 Å². The van der Waals surface area contributed by atoms with Gasteiger partial charge in [0.15, 0.2) is 34.5 Å². The summed E-state index contributed by atoms with van der Waals surface area (Å²) in [5.74, 6) is 1.04. The lowest BCUT2D eigenvalue weighted by Crippen LogP contribution is -2.21. The maximum atomic E-state index is 13.3. The van der Waals surface area contributed by atoms with Gasteiger partial charge in [0.1, 0.15) is 11.9 Å². The Morgan fingerprint density at radius 3 is 1.92 bits per heavy atom. The Bertz CT molecular complexity index is 1970. The highest BCUT2D eigenvalue weighted by molar-refractivity contribution is 5.75. The van der Waals surface area contributed by atoms with Crippen LogP contribution in [0.25, 0.3) is 0 Å². The zero-order valence-corrected chi connectivity index (χ0v) is 29.6. The number of fused-ring (bicyclic) bond motifs is 2. The van der Waals surface area contributed by atoms with Crippen LogP contribution in [0.4, 0.5) is 0 Å². The van der Waals surface area contributed by atoms with E-state index in [0.29, 0.717) is 42.3 Å². The van der Waals surface area contributed by atoms with E-state index >= 15 is 0 Å². The third-order valence-corrected chi connectivity index (χ3v) is 11.0. The summed E-state index contributed by atoms with van der Waals surface area (Å²) < 4.78 is 34.3. The molecular weight excluding hydrogens is 668 g/mol. The maximum absolute atomic E-state index is 13.3. The molecule has 0 spiro atoms. The number of hydrogen-bond donors (Lipinski definition) is 4. The molecule has 2 heterocycles. The van der Waals surface area contributed by atoms with E-state index < -0.39 is 17.9 Å². The smallest absolute Gasteiger partial charge is 0.309 e. The summed E-state index contributed by atoms with van der Waals surface area (Å²) in [6.07, 6.45) is 1.07. The number of rotatable bonds is 12. The average Bonchev–Trinajstić information content (AvgIpc) is 3.84. The third kappa shape index (κ3) is 6.22. The number of phenols is 2. The van der Waals surface area contributed by atoms with E-state index in [1.54, 1.807) is 32.4 Å². The predicted molar refractivity (Wildman–Crippen MR) is 190 cm³/mol. The normalized spacial score (nSPS) is 23.1. The first kappa shape index (κ1) is 35.3. The van der Waals surface area contributed by atoms with Crippen molar-refractivity contribution in [3.8, 4) is 40.2 Å². The van der Waals surface area contributed by atoms with Crippen molar-refractivity contribution in [2.45, 2.75) is 43.1 Å². The van der Waals surface area contributed by atoms with Crippen molar-refractivity contribution in [3.63, 3.8) is 0 Å². The Morgan fingerprint density at radius 2 is 1.27 bits per heavy atom. The summed E-state index contributed by atoms with van der Waals surface area (Å²) in [6.45, 7) is 0.0101. The molecule has 0 aromatic heterocycles. The van der Waals surface area contributed by atoms with Crippen LogP contribution in [0.3, 0.4) is 0 Å². The summed E-state index contributed by atoms with van der Waals surface area (Å²) in [5.41, 5.74) is 6.35. The SMILES string of the molecule is COc1cc([C@H]2Oc3c(OC)cc(C[C@H]4C(=O)OC[C@H]4Cc4cc(OC)c5c(c4)[C@H](CO)[C@H](c4ccc(O)c(OC)c4)C5)cc3[C@@H]2CO)ccc1O. The molecule has 3 aliphatic rings. The summed E-state index contributed by atoms with van der Waals surface area (Å²) >= 11 is 0. The third-order valence-electron chi connectivity index (χ3n) is 11.0. The van der Waals surface area contributed by atoms with E-state index in [1.165, 1.54) is 20.3 Å². The second-order valence-corrected chi connectivity index (χ2v) is 13.8. The highest BCUT2D eigenvalue weighted by Crippen LogP contribution is 2.52. The van der Waals surface area contributed by atoms with Gasteiger partial charge in [-0.1, -0.05) is 24.3 Å². The molecule has 6 atom stereocenters. The zero-order chi connectivity index (χ0) is 36.7. The van der Waals surface area contributed by atoms with Crippen molar-refractivity contribution in [1.29, 1.82) is 0 Å². The van der Waals surface area contributed by atoms with Crippen molar-refractivity contribution in [2.24, 2.45) is 11.8 Å². The molecule has 2 aliphatic heterocycles. The van der Waals surface area contributed by atoms with Crippen LogP contribution in [0.5, 0.6) is 40.2 Å². The number of phenolic OH excluding ortho intramolecular Hbond substituents is 2. The molecule has 0 unspecified atom stereocenters. The summed E-state index contributed by atoms with van der Waals surface area (Å²) in [6, 6.07) is 18.3. The number of benzene rings is 4. The number of esters is 1. The summed E-state index contributed by atoms with van der Waals surface area (Å²) in [4.78, 5) is 13.3. The van der Waals surface area contributed by atoms with Crippen LogP contribution in [0.1, 0.15) is 62.8 Å². The van der Waals surface area contributed by atoms with Gasteiger partial charge in [-0.05, 0) is 95.0 Å². The molecule has 4 aromatic rings. The number of methoxy groups -OCH3 is 4. The van der Waals surface area contributed by atoms with Gasteiger partial charge in [0.2, 0.25) is 0 Å². The van der Waals surface area contributed by atoms with E-state index in [9.17, 15) is 25.2 Å². The number of aliphatic hydroxyl groups excluding tert-OH is 2. The van der Waals surface area contributed by atoms with Gasteiger partial charge in [-0.3, -0.25) is 4.79 Å². The molecule has 1 saturated heterocycles. The molecule has 1 aliphatic carbocycles. The summed E-state index contributed by atoms with van der Waals surface area (Å²) in [5, 5.41) is 41.5. The second-order valence-electron chi connectivity index (χ2n) is 13.8. The van der Waals surface area contributed by atoms with E-state index in [4.69, 9.17) is 28.4 Å². The monoisotopic (exact) mass is 712 g/mol. The van der Waals surface area contributed by atoms with Crippen molar-refractivity contribution >= 4 is 5.97 Å². The molecule has 0 radical (unpaired) electrons. The Morgan fingerprint density at radius 1 is 0.673 bits per heavy atom. The molecule has 0 bridgehead atoms. The van der Waals surface area contributed by atoms with Gasteiger partial charge in [-0.15, -0.1) is 0 Å². The Kier molecular flexibility index (Phi) is 9.82. The van der Waals surface area contributed by atoms with E-state index in [2.05, 4.69) is 6.07 Å². The number of aliphatic hydroxyl groups is 2. The van der Waals surface area contributed by atoms with Gasteiger partial charge in [-0.25, -0.2) is 0 Å². The molecule has 1 fully saturated rings. The lowest BCUT2D eigenvalue weighted by molar-refractivity contribution is -0.141. The Hall–Kier alpha value is -5.13. The van der Waals surface area contributed by atoms with Crippen LogP contribution >= 0.6 is 0 Å². The van der Waals surface area contributed by atoms with Gasteiger partial charge < -0.3 is 48.8 Å². The molecule has 11 nitrogen and oxygen atoms in total. The number of ether oxygens (including phenoxy) is 6. The molecule has 52 heavy (non-hydrogen) atoms. The van der Waals surface area contributed by atoms with E-state index in [1.807, 2.05) is 30.3 Å². The minimum atomic E-state index is -0.545. The quantitative estimate of drug-likeness (QED) is 0.141. The Labute approximate surface area is 302 Å². The molecule has 0 amide bonds. The Balaban J connectivity index is 1.14. The predicted octanol–water partition coefficient (Wildman–Crippen LogP) is 5.33.